The van der Waals surface area contributed by atoms with Crippen molar-refractivity contribution in [3.8, 4) is 39.8 Å². The van der Waals surface area contributed by atoms with Crippen LogP contribution in [-0.2, 0) is 21.1 Å². The minimum Gasteiger partial charge on any atom is -0.456 e. The minimum absolute atomic E-state index is 0.248. The van der Waals surface area contributed by atoms with E-state index >= 15 is 0 Å². The third-order valence-electron chi connectivity index (χ3n) is 19.2. The SMILES string of the molecule is CC.CC.CC.CC.CC.CC.CC.CC.CC.CC.CC.CC.CC.CC1c2cc3c(cc2-[n+]2ccnn21)oc1ccccc13.CC1c2cc3c(cc2-[n+]2ccnn21)sc1ccccc13.CC1c2cc3c4ccccc4n(C)c3cc2-[n+]2ccnn21.CC1c2ccccc2-c2n1cc[n+]2C.CC1c2ccncc2-c2n1cc[n+]2C. The number of para-hydroxylation sites is 2. The molecule has 0 N–H and O–H groups in total. The first-order chi connectivity index (χ1) is 56.5. The molecule has 5 aliphatic rings. The van der Waals surface area contributed by atoms with Gasteiger partial charge in [-0.3, -0.25) is 4.98 Å². The highest BCUT2D eigenvalue weighted by Gasteiger charge is 2.38. The lowest BCUT2D eigenvalue weighted by molar-refractivity contribution is -0.683. The summed E-state index contributed by atoms with van der Waals surface area (Å²) < 4.78 is 26.2. The van der Waals surface area contributed by atoms with Gasteiger partial charge in [0.05, 0.1) is 30.7 Å². The number of benzene rings is 7. The Morgan fingerprint density at radius 1 is 0.330 bits per heavy atom. The summed E-state index contributed by atoms with van der Waals surface area (Å²) >= 11 is 1.86. The minimum atomic E-state index is 0.248. The van der Waals surface area contributed by atoms with Crippen molar-refractivity contribution in [2.75, 3.05) is 0 Å². The predicted octanol–water partition coefficient (Wildman–Crippen LogP) is 25.7. The van der Waals surface area contributed by atoms with Gasteiger partial charge in [0.25, 0.3) is 11.6 Å². The van der Waals surface area contributed by atoms with E-state index in [2.05, 4.69) is 259 Å². The van der Waals surface area contributed by atoms with Gasteiger partial charge in [-0.1, -0.05) is 253 Å². The number of rotatable bonds is 0. The number of aromatic nitrogens is 15. The number of hydrogen-bond donors (Lipinski definition) is 0. The molecule has 0 bridgehead atoms. The molecular weight excluding hydrogens is 1440 g/mol. The maximum absolute atomic E-state index is 5.96. The lowest BCUT2D eigenvalue weighted by Crippen LogP contribution is -2.36. The molecule has 0 fully saturated rings. The highest BCUT2D eigenvalue weighted by molar-refractivity contribution is 7.25. The van der Waals surface area contributed by atoms with Crippen molar-refractivity contribution in [3.63, 3.8) is 0 Å². The van der Waals surface area contributed by atoms with E-state index in [1.54, 1.807) is 0 Å². The molecule has 616 valence electrons. The molecule has 16 aromatic rings. The second-order valence-electron chi connectivity index (χ2n) is 24.0. The van der Waals surface area contributed by atoms with Crippen LogP contribution < -0.4 is 23.2 Å². The van der Waals surface area contributed by atoms with Gasteiger partial charge < -0.3 is 8.98 Å². The van der Waals surface area contributed by atoms with Crippen molar-refractivity contribution in [1.29, 1.82) is 0 Å². The molecule has 0 saturated heterocycles. The van der Waals surface area contributed by atoms with Crippen LogP contribution in [0, 0.1) is 0 Å². The molecule has 0 radical (unpaired) electrons. The smallest absolute Gasteiger partial charge is 0.291 e. The highest BCUT2D eigenvalue weighted by Crippen LogP contribution is 2.42. The summed E-state index contributed by atoms with van der Waals surface area (Å²) in [7, 11) is 6.30. The lowest BCUT2D eigenvalue weighted by Gasteiger charge is -2.01. The summed E-state index contributed by atoms with van der Waals surface area (Å²) in [5.74, 6) is 2.56. The van der Waals surface area contributed by atoms with E-state index in [1.165, 1.54) is 115 Å². The molecule has 16 nitrogen and oxygen atoms in total. The van der Waals surface area contributed by atoms with Crippen LogP contribution >= 0.6 is 11.3 Å². The molecule has 5 unspecified atom stereocenters. The Bertz CT molecular complexity index is 5280. The number of hydrogen-bond acceptors (Lipinski definition) is 6. The van der Waals surface area contributed by atoms with Gasteiger partial charge in [-0.05, 0) is 97.5 Å². The van der Waals surface area contributed by atoms with Crippen molar-refractivity contribution in [2.45, 2.75) is 245 Å². The zero-order valence-electron chi connectivity index (χ0n) is 76.6. The van der Waals surface area contributed by atoms with Crippen molar-refractivity contribution in [1.82, 2.24) is 48.4 Å². The molecule has 0 aliphatic carbocycles. The van der Waals surface area contributed by atoms with Crippen LogP contribution in [0.5, 0.6) is 0 Å². The van der Waals surface area contributed by atoms with Gasteiger partial charge in [0.2, 0.25) is 18.6 Å². The Hall–Kier alpha value is -10.7. The third-order valence-corrected chi connectivity index (χ3v) is 20.3. The summed E-state index contributed by atoms with van der Waals surface area (Å²) in [4.78, 5) is 10.2. The number of nitrogens with zero attached hydrogens (tertiary/aromatic N) is 15. The first kappa shape index (κ1) is 96.7. The molecule has 14 heterocycles. The Morgan fingerprint density at radius 2 is 0.739 bits per heavy atom. The van der Waals surface area contributed by atoms with E-state index in [9.17, 15) is 0 Å². The van der Waals surface area contributed by atoms with Gasteiger partial charge in [-0.2, -0.15) is 0 Å². The van der Waals surface area contributed by atoms with Crippen LogP contribution in [0.25, 0.3) is 104 Å². The first-order valence-corrected chi connectivity index (χ1v) is 44.3. The van der Waals surface area contributed by atoms with Crippen LogP contribution in [0.2, 0.25) is 0 Å². The normalized spacial score (nSPS) is 13.9. The van der Waals surface area contributed by atoms with Crippen molar-refractivity contribution in [2.24, 2.45) is 21.1 Å². The van der Waals surface area contributed by atoms with Crippen LogP contribution in [0.3, 0.4) is 0 Å². The molecule has 17 heteroatoms. The quantitative estimate of drug-likeness (QED) is 0.140. The van der Waals surface area contributed by atoms with E-state index < -0.39 is 0 Å². The molecule has 7 aromatic carbocycles. The number of aryl methyl sites for hydroxylation is 3. The van der Waals surface area contributed by atoms with E-state index in [4.69, 9.17) is 4.42 Å². The molecule has 0 saturated carbocycles. The summed E-state index contributed by atoms with van der Waals surface area (Å²) in [6.45, 7) is 63.0. The molecule has 9 aromatic heterocycles. The second-order valence-corrected chi connectivity index (χ2v) is 25.0. The van der Waals surface area contributed by atoms with E-state index in [0.29, 0.717) is 18.1 Å². The first-order valence-electron chi connectivity index (χ1n) is 43.4. The lowest BCUT2D eigenvalue weighted by atomic mass is 10.0. The van der Waals surface area contributed by atoms with Crippen LogP contribution in [-0.4, -0.2) is 48.4 Å². The average molecular weight is 1580 g/mol. The highest BCUT2D eigenvalue weighted by atomic mass is 32.1. The summed E-state index contributed by atoms with van der Waals surface area (Å²) in [6.07, 6.45) is 23.9. The number of thiophene rings is 1. The van der Waals surface area contributed by atoms with Crippen molar-refractivity contribution < 1.29 is 27.6 Å². The number of imidazole rings is 2. The summed E-state index contributed by atoms with van der Waals surface area (Å²) in [5, 5.41) is 20.9. The maximum atomic E-state index is 5.96. The Kier molecular flexibility index (Phi) is 40.3. The monoisotopic (exact) mass is 1580 g/mol. The van der Waals surface area contributed by atoms with Gasteiger partial charge >= 0.3 is 0 Å². The van der Waals surface area contributed by atoms with E-state index in [1.807, 2.05) is 274 Å². The Balaban J connectivity index is 0.000000284. The second kappa shape index (κ2) is 47.9. The summed E-state index contributed by atoms with van der Waals surface area (Å²) in [6, 6.07) is 51.5. The van der Waals surface area contributed by atoms with Crippen LogP contribution in [0.4, 0.5) is 0 Å². The fourth-order valence-corrected chi connectivity index (χ4v) is 15.7. The van der Waals surface area contributed by atoms with Gasteiger partial charge in [0, 0.05) is 128 Å². The topological polar surface area (TPSA) is 114 Å². The van der Waals surface area contributed by atoms with Gasteiger partial charge in [-0.15, -0.1) is 25.4 Å². The van der Waals surface area contributed by atoms with Crippen LogP contribution in [0.1, 0.15) is 273 Å². The number of fused-ring (bicyclic) bond motifs is 24. The molecule has 21 rings (SSSR count). The molecular formula is C98H142N15OS+5. The zero-order chi connectivity index (χ0) is 86.1. The number of pyridine rings is 1. The Morgan fingerprint density at radius 3 is 1.26 bits per heavy atom. The molecule has 0 spiro atoms. The van der Waals surface area contributed by atoms with E-state index in [-0.39, 0.29) is 12.1 Å². The maximum Gasteiger partial charge on any atom is 0.291 e. The molecule has 5 atom stereocenters. The number of furan rings is 1. The standard InChI is InChI=1S/C17H15N4.C16H12N3O.C16H12N3S.C12H13N2.C11H12N3.13C2H6/c1-11-13-9-14-12-5-3-4-6-15(12)19(2)16(14)10-17(13)20-8-7-18-21(11)20;2*1-10-12-8-13-11-4-2-3-5-15(11)20-16(13)9-14(12)18-7-6-17-19(10)18;1-9-10-5-3-4-6-11(10)12-13(2)7-8-14(9)12;1-8-9-3-4-12-7-10(9)11-13(2)5-6-14(8)11;13*1-2/h3-11H,1-2H3;2*2-10H,1H3;3-9H,1-2H3;3-8H,1-2H3;13*1-2H3/q5*+1;;;;;;;;;;;;;. The summed E-state index contributed by atoms with van der Waals surface area (Å²) in [5.41, 5.74) is 17.5. The predicted molar refractivity (Wildman–Crippen MR) is 492 cm³/mol. The van der Waals surface area contributed by atoms with Crippen LogP contribution in [0.15, 0.2) is 218 Å². The van der Waals surface area contributed by atoms with Crippen molar-refractivity contribution >= 4 is 75.3 Å². The molecule has 115 heavy (non-hydrogen) atoms. The van der Waals surface area contributed by atoms with E-state index in [0.717, 1.165) is 16.9 Å². The van der Waals surface area contributed by atoms with Gasteiger partial charge in [0.1, 0.15) is 66.2 Å². The van der Waals surface area contributed by atoms with Gasteiger partial charge in [0.15, 0.2) is 35.7 Å². The largest absolute Gasteiger partial charge is 0.456 e. The fourth-order valence-electron chi connectivity index (χ4n) is 14.6. The zero-order valence-corrected chi connectivity index (χ0v) is 77.4. The van der Waals surface area contributed by atoms with Gasteiger partial charge in [-0.25, -0.2) is 18.3 Å². The average Bonchev–Trinajstić information content (AvgIpc) is 1.60. The Labute approximate surface area is 694 Å². The van der Waals surface area contributed by atoms with Crippen molar-refractivity contribution in [3.05, 3.63) is 242 Å². The third kappa shape index (κ3) is 19.0. The fraction of sp³-hybridized carbons (Fsp3) is 0.398. The molecule has 0 amide bonds. The molecule has 5 aliphatic heterocycles.